The summed E-state index contributed by atoms with van der Waals surface area (Å²) in [6.07, 6.45) is 0. The SMILES string of the molecule is CNC(C)(C)C(=O)Nc1sc(C)c(C)c1C(=O)OC. The predicted molar refractivity (Wildman–Crippen MR) is 76.9 cm³/mol. The summed E-state index contributed by atoms with van der Waals surface area (Å²) in [7, 11) is 3.05. The first kappa shape index (κ1) is 15.7. The van der Waals surface area contributed by atoms with Crippen molar-refractivity contribution in [1.29, 1.82) is 0 Å². The first-order valence-corrected chi connectivity index (χ1v) is 6.75. The van der Waals surface area contributed by atoms with E-state index in [9.17, 15) is 9.59 Å². The molecule has 0 unspecified atom stereocenters. The number of hydrogen-bond acceptors (Lipinski definition) is 5. The van der Waals surface area contributed by atoms with Crippen molar-refractivity contribution in [1.82, 2.24) is 5.32 Å². The fourth-order valence-corrected chi connectivity index (χ4v) is 2.48. The van der Waals surface area contributed by atoms with Crippen molar-refractivity contribution >= 4 is 28.2 Å². The van der Waals surface area contributed by atoms with Crippen molar-refractivity contribution in [3.63, 3.8) is 0 Å². The number of aryl methyl sites for hydroxylation is 1. The van der Waals surface area contributed by atoms with Crippen LogP contribution in [0, 0.1) is 13.8 Å². The van der Waals surface area contributed by atoms with Crippen molar-refractivity contribution in [3.05, 3.63) is 16.0 Å². The Morgan fingerprint density at radius 2 is 1.84 bits per heavy atom. The molecule has 1 aromatic rings. The first-order valence-electron chi connectivity index (χ1n) is 5.93. The second-order valence-electron chi connectivity index (χ2n) is 4.81. The quantitative estimate of drug-likeness (QED) is 0.831. The molecule has 6 heteroatoms. The molecule has 5 nitrogen and oxygen atoms in total. The third kappa shape index (κ3) is 3.13. The number of methoxy groups -OCH3 is 1. The van der Waals surface area contributed by atoms with E-state index in [2.05, 4.69) is 10.6 Å². The lowest BCUT2D eigenvalue weighted by Crippen LogP contribution is -2.47. The number of ether oxygens (including phenoxy) is 1. The molecule has 0 spiro atoms. The zero-order chi connectivity index (χ0) is 14.8. The van der Waals surface area contributed by atoms with Gasteiger partial charge in [0.2, 0.25) is 5.91 Å². The smallest absolute Gasteiger partial charge is 0.341 e. The average molecular weight is 284 g/mol. The molecule has 1 aromatic heterocycles. The van der Waals surface area contributed by atoms with E-state index in [1.807, 2.05) is 13.8 Å². The minimum absolute atomic E-state index is 0.193. The molecule has 1 heterocycles. The molecule has 0 aliphatic carbocycles. The van der Waals surface area contributed by atoms with Crippen LogP contribution in [0.5, 0.6) is 0 Å². The second-order valence-corrected chi connectivity index (χ2v) is 6.03. The molecule has 0 saturated carbocycles. The van der Waals surface area contributed by atoms with Crippen LogP contribution in [0.2, 0.25) is 0 Å². The fraction of sp³-hybridized carbons (Fsp3) is 0.538. The van der Waals surface area contributed by atoms with Gasteiger partial charge in [0.1, 0.15) is 5.00 Å². The Morgan fingerprint density at radius 3 is 2.32 bits per heavy atom. The van der Waals surface area contributed by atoms with Gasteiger partial charge in [-0.2, -0.15) is 0 Å². The summed E-state index contributed by atoms with van der Waals surface area (Å²) in [5.41, 5.74) is 0.568. The number of esters is 1. The van der Waals surface area contributed by atoms with Crippen molar-refractivity contribution in [3.8, 4) is 0 Å². The van der Waals surface area contributed by atoms with E-state index in [4.69, 9.17) is 4.74 Å². The summed E-state index contributed by atoms with van der Waals surface area (Å²) in [4.78, 5) is 24.9. The van der Waals surface area contributed by atoms with E-state index >= 15 is 0 Å². The summed E-state index contributed by atoms with van der Waals surface area (Å²) in [5, 5.41) is 6.25. The van der Waals surface area contributed by atoms with Crippen LogP contribution in [-0.4, -0.2) is 31.6 Å². The van der Waals surface area contributed by atoms with E-state index in [1.165, 1.54) is 18.4 Å². The van der Waals surface area contributed by atoms with Crippen molar-refractivity contribution < 1.29 is 14.3 Å². The first-order chi connectivity index (χ1) is 8.74. The number of hydrogen-bond donors (Lipinski definition) is 2. The van der Waals surface area contributed by atoms with Crippen molar-refractivity contribution in [2.45, 2.75) is 33.2 Å². The van der Waals surface area contributed by atoms with E-state index in [0.29, 0.717) is 10.6 Å². The van der Waals surface area contributed by atoms with Gasteiger partial charge in [-0.25, -0.2) is 4.79 Å². The highest BCUT2D eigenvalue weighted by Crippen LogP contribution is 2.33. The summed E-state index contributed by atoms with van der Waals surface area (Å²) in [6, 6.07) is 0. The lowest BCUT2D eigenvalue weighted by Gasteiger charge is -2.22. The molecule has 0 aliphatic heterocycles. The maximum Gasteiger partial charge on any atom is 0.341 e. The number of thiophene rings is 1. The highest BCUT2D eigenvalue weighted by atomic mass is 32.1. The van der Waals surface area contributed by atoms with Gasteiger partial charge in [0, 0.05) is 4.88 Å². The van der Waals surface area contributed by atoms with Crippen LogP contribution < -0.4 is 10.6 Å². The van der Waals surface area contributed by atoms with Gasteiger partial charge in [-0.1, -0.05) is 0 Å². The minimum atomic E-state index is -0.709. The van der Waals surface area contributed by atoms with Crippen molar-refractivity contribution in [2.75, 3.05) is 19.5 Å². The maximum absolute atomic E-state index is 12.1. The molecule has 0 radical (unpaired) electrons. The van der Waals surface area contributed by atoms with Crippen molar-refractivity contribution in [2.24, 2.45) is 0 Å². The Balaban J connectivity index is 3.12. The maximum atomic E-state index is 12.1. The van der Waals surface area contributed by atoms with Gasteiger partial charge < -0.3 is 15.4 Å². The predicted octanol–water partition coefficient (Wildman–Crippen LogP) is 2.09. The van der Waals surface area contributed by atoms with Gasteiger partial charge >= 0.3 is 5.97 Å². The van der Waals surface area contributed by atoms with Crippen LogP contribution in [0.25, 0.3) is 0 Å². The van der Waals surface area contributed by atoms with Gasteiger partial charge in [-0.15, -0.1) is 11.3 Å². The molecule has 1 rings (SSSR count). The molecule has 0 aromatic carbocycles. The van der Waals surface area contributed by atoms with Crippen LogP contribution in [0.3, 0.4) is 0 Å². The Morgan fingerprint density at radius 1 is 1.26 bits per heavy atom. The van der Waals surface area contributed by atoms with Crippen LogP contribution in [0.15, 0.2) is 0 Å². The molecule has 0 atom stereocenters. The zero-order valence-corrected chi connectivity index (χ0v) is 12.9. The van der Waals surface area contributed by atoms with Crippen LogP contribution >= 0.6 is 11.3 Å². The second kappa shape index (κ2) is 5.71. The highest BCUT2D eigenvalue weighted by Gasteiger charge is 2.28. The molecule has 0 saturated heterocycles. The zero-order valence-electron chi connectivity index (χ0n) is 12.1. The molecule has 0 fully saturated rings. The number of rotatable bonds is 4. The largest absolute Gasteiger partial charge is 0.465 e. The van der Waals surface area contributed by atoms with Crippen LogP contribution in [-0.2, 0) is 9.53 Å². The average Bonchev–Trinajstić information content (AvgIpc) is 2.64. The van der Waals surface area contributed by atoms with Gasteiger partial charge in [0.05, 0.1) is 18.2 Å². The third-order valence-corrected chi connectivity index (χ3v) is 4.32. The third-order valence-electron chi connectivity index (χ3n) is 3.19. The van der Waals surface area contributed by atoms with Gasteiger partial charge in [0.15, 0.2) is 0 Å². The number of nitrogens with one attached hydrogen (secondary N) is 2. The van der Waals surface area contributed by atoms with Gasteiger partial charge in [-0.05, 0) is 40.3 Å². The Hall–Kier alpha value is -1.40. The standard InChI is InChI=1S/C13H20N2O3S/c1-7-8(2)19-10(9(7)11(16)18-6)15-12(17)13(3,4)14-5/h14H,1-6H3,(H,15,17). The summed E-state index contributed by atoms with van der Waals surface area (Å²) >= 11 is 1.38. The van der Waals surface area contributed by atoms with E-state index in [1.54, 1.807) is 20.9 Å². The Kier molecular flexibility index (Phi) is 4.70. The molecular weight excluding hydrogens is 264 g/mol. The van der Waals surface area contributed by atoms with Gasteiger partial charge in [0.25, 0.3) is 0 Å². The number of carbonyl (C=O) groups is 2. The molecule has 2 N–H and O–H groups in total. The molecule has 106 valence electrons. The highest BCUT2D eigenvalue weighted by molar-refractivity contribution is 7.16. The summed E-state index contributed by atoms with van der Waals surface area (Å²) < 4.78 is 4.77. The fourth-order valence-electron chi connectivity index (χ4n) is 1.44. The molecule has 19 heavy (non-hydrogen) atoms. The molecule has 0 aliphatic rings. The topological polar surface area (TPSA) is 67.4 Å². The van der Waals surface area contributed by atoms with Gasteiger partial charge in [-0.3, -0.25) is 4.79 Å². The van der Waals surface area contributed by atoms with Crippen LogP contribution in [0.1, 0.15) is 34.6 Å². The minimum Gasteiger partial charge on any atom is -0.465 e. The number of likely N-dealkylation sites (N-methyl/N-ethyl adjacent to an activating group) is 1. The van der Waals surface area contributed by atoms with E-state index < -0.39 is 11.5 Å². The molecule has 1 amide bonds. The normalized spacial score (nSPS) is 11.3. The lowest BCUT2D eigenvalue weighted by molar-refractivity contribution is -0.121. The van der Waals surface area contributed by atoms with E-state index in [-0.39, 0.29) is 5.91 Å². The van der Waals surface area contributed by atoms with E-state index in [0.717, 1.165) is 10.4 Å². The molecule has 0 bridgehead atoms. The summed E-state index contributed by atoms with van der Waals surface area (Å²) in [6.45, 7) is 7.29. The monoisotopic (exact) mass is 284 g/mol. The van der Waals surface area contributed by atoms with Crippen LogP contribution in [0.4, 0.5) is 5.00 Å². The Labute approximate surface area is 117 Å². The summed E-state index contributed by atoms with van der Waals surface area (Å²) in [5.74, 6) is -0.624. The number of amides is 1. The number of carbonyl (C=O) groups excluding carboxylic acids is 2. The Bertz CT molecular complexity index is 506. The molecular formula is C13H20N2O3S. The number of anilines is 1. The lowest BCUT2D eigenvalue weighted by atomic mass is 10.1.